The molecule has 0 aliphatic carbocycles. The van der Waals surface area contributed by atoms with Gasteiger partial charge in [-0.1, -0.05) is 25.8 Å². The van der Waals surface area contributed by atoms with Crippen LogP contribution < -0.4 is 0 Å². The topological polar surface area (TPSA) is 122 Å². The molecule has 0 fully saturated rings. The highest BCUT2D eigenvalue weighted by Crippen LogP contribution is 2.21. The van der Waals surface area contributed by atoms with E-state index in [9.17, 15) is 14.7 Å². The lowest BCUT2D eigenvalue weighted by Gasteiger charge is -2.11. The summed E-state index contributed by atoms with van der Waals surface area (Å²) in [6, 6.07) is 5.58. The van der Waals surface area contributed by atoms with Crippen molar-refractivity contribution in [1.82, 2.24) is 0 Å². The number of hydrogen-bond donors (Lipinski definition) is 2. The zero-order chi connectivity index (χ0) is 17.1. The third-order valence-electron chi connectivity index (χ3n) is 3.10. The molecule has 0 radical (unpaired) electrons. The molecule has 2 N–H and O–H groups in total. The zero-order valence-corrected chi connectivity index (χ0v) is 12.6. The summed E-state index contributed by atoms with van der Waals surface area (Å²) in [5.74, 6) is -2.14. The Morgan fingerprint density at radius 3 is 2.09 bits per heavy atom. The zero-order valence-electron chi connectivity index (χ0n) is 12.6. The molecule has 6 heteroatoms. The molecule has 0 bridgehead atoms. The molecule has 0 saturated heterocycles. The fourth-order valence-electron chi connectivity index (χ4n) is 2.07. The summed E-state index contributed by atoms with van der Waals surface area (Å²) in [6.07, 6.45) is 3.70. The highest BCUT2D eigenvalue weighted by molar-refractivity contribution is 5.97. The highest BCUT2D eigenvalue weighted by atomic mass is 16.4. The first-order chi connectivity index (χ1) is 10.4. The van der Waals surface area contributed by atoms with Crippen molar-refractivity contribution in [3.8, 4) is 12.1 Å². The summed E-state index contributed by atoms with van der Waals surface area (Å²) in [5.41, 5.74) is 1.26. The average molecular weight is 302 g/mol. The van der Waals surface area contributed by atoms with Gasteiger partial charge < -0.3 is 10.2 Å². The van der Waals surface area contributed by atoms with Crippen LogP contribution in [0.4, 0.5) is 0 Å². The van der Waals surface area contributed by atoms with Gasteiger partial charge in [-0.3, -0.25) is 0 Å². The van der Waals surface area contributed by atoms with Gasteiger partial charge in [0.15, 0.2) is 12.1 Å². The Morgan fingerprint density at radius 1 is 1.09 bits per heavy atom. The summed E-state index contributed by atoms with van der Waals surface area (Å²) >= 11 is 0. The normalized spacial score (nSPS) is 8.91. The Balaban J connectivity index is 0.000000980. The maximum atomic E-state index is 11.3. The van der Waals surface area contributed by atoms with Gasteiger partial charge in [0.1, 0.15) is 0 Å². The molecule has 22 heavy (non-hydrogen) atoms. The number of rotatable bonds is 6. The third kappa shape index (κ3) is 5.64. The van der Waals surface area contributed by atoms with Crippen LogP contribution in [0.25, 0.3) is 0 Å². The van der Waals surface area contributed by atoms with Crippen LogP contribution in [0.1, 0.15) is 58.0 Å². The summed E-state index contributed by atoms with van der Waals surface area (Å²) in [5, 5.41) is 32.7. The van der Waals surface area contributed by atoms with Gasteiger partial charge in [-0.15, -0.1) is 0 Å². The molecule has 0 heterocycles. The van der Waals surface area contributed by atoms with Crippen LogP contribution in [-0.4, -0.2) is 22.2 Å². The molecule has 0 amide bonds. The first-order valence-corrected chi connectivity index (χ1v) is 6.77. The SMILES string of the molecule is CCCCCc1ccc(C(=O)O)c(C)c1C(=O)O.N#CC#N. The predicted octanol–water partition coefficient (Wildman–Crippen LogP) is 3.16. The summed E-state index contributed by atoms with van der Waals surface area (Å²) in [4.78, 5) is 22.2. The van der Waals surface area contributed by atoms with Gasteiger partial charge in [0.05, 0.1) is 11.1 Å². The van der Waals surface area contributed by atoms with Crippen LogP contribution in [-0.2, 0) is 6.42 Å². The van der Waals surface area contributed by atoms with Crippen LogP contribution in [0, 0.1) is 29.6 Å². The van der Waals surface area contributed by atoms with Crippen molar-refractivity contribution < 1.29 is 19.8 Å². The van der Waals surface area contributed by atoms with Crippen molar-refractivity contribution in [2.24, 2.45) is 0 Å². The smallest absolute Gasteiger partial charge is 0.336 e. The minimum Gasteiger partial charge on any atom is -0.478 e. The Bertz CT molecular complexity index is 612. The molecule has 1 aromatic rings. The Hall–Kier alpha value is -2.86. The number of carbonyl (C=O) groups is 2. The minimum atomic E-state index is -1.09. The van der Waals surface area contributed by atoms with Gasteiger partial charge in [0, 0.05) is 0 Å². The van der Waals surface area contributed by atoms with Gasteiger partial charge in [0.2, 0.25) is 0 Å². The van der Waals surface area contributed by atoms with Gasteiger partial charge in [-0.25, -0.2) is 9.59 Å². The Morgan fingerprint density at radius 2 is 1.68 bits per heavy atom. The van der Waals surface area contributed by atoms with E-state index in [2.05, 4.69) is 6.92 Å². The molecular formula is C16H18N2O4. The molecule has 0 spiro atoms. The molecule has 0 saturated carbocycles. The molecule has 0 aliphatic rings. The van der Waals surface area contributed by atoms with E-state index in [0.29, 0.717) is 12.0 Å². The van der Waals surface area contributed by atoms with Crippen molar-refractivity contribution >= 4 is 11.9 Å². The molecule has 6 nitrogen and oxygen atoms in total. The lowest BCUT2D eigenvalue weighted by atomic mass is 9.94. The van der Waals surface area contributed by atoms with Crippen LogP contribution in [0.5, 0.6) is 0 Å². The number of carboxylic acids is 2. The fourth-order valence-corrected chi connectivity index (χ4v) is 2.07. The second kappa shape index (κ2) is 9.95. The van der Waals surface area contributed by atoms with Gasteiger partial charge >= 0.3 is 11.9 Å². The quantitative estimate of drug-likeness (QED) is 0.778. The van der Waals surface area contributed by atoms with Crippen LogP contribution in [0.3, 0.4) is 0 Å². The van der Waals surface area contributed by atoms with E-state index < -0.39 is 11.9 Å². The second-order valence-electron chi connectivity index (χ2n) is 4.56. The third-order valence-corrected chi connectivity index (χ3v) is 3.10. The Labute approximate surface area is 129 Å². The van der Waals surface area contributed by atoms with Crippen molar-refractivity contribution in [2.45, 2.75) is 39.5 Å². The lowest BCUT2D eigenvalue weighted by molar-refractivity contribution is 0.0695. The standard InChI is InChI=1S/C14H18O4.C2N2/c1-3-4-5-6-10-7-8-11(13(15)16)9(2)12(10)14(17)18;3-1-2-4/h7-8H,3-6H2,1-2H3,(H,15,16)(H,17,18);. The number of benzene rings is 1. The minimum absolute atomic E-state index is 0.0617. The molecular weight excluding hydrogens is 284 g/mol. The molecule has 0 aromatic heterocycles. The van der Waals surface area contributed by atoms with Gasteiger partial charge in [-0.2, -0.15) is 10.5 Å². The highest BCUT2D eigenvalue weighted by Gasteiger charge is 2.18. The first-order valence-electron chi connectivity index (χ1n) is 6.77. The average Bonchev–Trinajstić information content (AvgIpc) is 2.47. The maximum absolute atomic E-state index is 11.3. The number of carboxylic acid groups (broad SMARTS) is 2. The largest absolute Gasteiger partial charge is 0.478 e. The van der Waals surface area contributed by atoms with Crippen molar-refractivity contribution in [3.63, 3.8) is 0 Å². The monoisotopic (exact) mass is 302 g/mol. The predicted molar refractivity (Wildman–Crippen MR) is 79.6 cm³/mol. The van der Waals surface area contributed by atoms with Crippen LogP contribution in [0.15, 0.2) is 12.1 Å². The number of unbranched alkanes of at least 4 members (excludes halogenated alkanes) is 2. The van der Waals surface area contributed by atoms with Gasteiger partial charge in [-0.05, 0) is 37.0 Å². The summed E-state index contributed by atoms with van der Waals surface area (Å²) in [7, 11) is 0. The van der Waals surface area contributed by atoms with Gasteiger partial charge in [0.25, 0.3) is 0 Å². The first kappa shape index (κ1) is 19.1. The number of aromatic carboxylic acids is 2. The van der Waals surface area contributed by atoms with Crippen molar-refractivity contribution in [2.75, 3.05) is 0 Å². The molecule has 0 unspecified atom stereocenters. The van der Waals surface area contributed by atoms with E-state index in [0.717, 1.165) is 24.8 Å². The molecule has 116 valence electrons. The van der Waals surface area contributed by atoms with E-state index in [-0.39, 0.29) is 11.1 Å². The van der Waals surface area contributed by atoms with E-state index >= 15 is 0 Å². The summed E-state index contributed by atoms with van der Waals surface area (Å²) in [6.45, 7) is 3.63. The van der Waals surface area contributed by atoms with Crippen LogP contribution in [0.2, 0.25) is 0 Å². The van der Waals surface area contributed by atoms with E-state index in [1.807, 2.05) is 0 Å². The fraction of sp³-hybridized carbons (Fsp3) is 0.375. The van der Waals surface area contributed by atoms with Crippen molar-refractivity contribution in [1.29, 1.82) is 10.5 Å². The molecule has 0 aliphatic heterocycles. The number of nitriles is 2. The second-order valence-corrected chi connectivity index (χ2v) is 4.56. The lowest BCUT2D eigenvalue weighted by Crippen LogP contribution is -2.10. The number of aryl methyl sites for hydroxylation is 1. The molecule has 1 aromatic carbocycles. The van der Waals surface area contributed by atoms with E-state index in [4.69, 9.17) is 15.6 Å². The number of hydrogen-bond acceptors (Lipinski definition) is 4. The molecule has 1 rings (SSSR count). The van der Waals surface area contributed by atoms with Crippen molar-refractivity contribution in [3.05, 3.63) is 34.4 Å². The van der Waals surface area contributed by atoms with E-state index in [1.54, 1.807) is 13.0 Å². The Kier molecular flexibility index (Phi) is 8.66. The summed E-state index contributed by atoms with van der Waals surface area (Å²) < 4.78 is 0. The number of nitrogens with zero attached hydrogens (tertiary/aromatic N) is 2. The maximum Gasteiger partial charge on any atom is 0.336 e. The molecule has 0 atom stereocenters. The van der Waals surface area contributed by atoms with E-state index in [1.165, 1.54) is 18.2 Å². The van der Waals surface area contributed by atoms with Crippen LogP contribution >= 0.6 is 0 Å².